The minimum atomic E-state index is -1.08. The Bertz CT molecular complexity index is 1520. The fourth-order valence-corrected chi connectivity index (χ4v) is 4.90. The van der Waals surface area contributed by atoms with E-state index in [9.17, 15) is 28.4 Å². The highest BCUT2D eigenvalue weighted by atomic mass is 35.5. The number of hydrogen-bond acceptors (Lipinski definition) is 9. The molecule has 2 atom stereocenters. The second kappa shape index (κ2) is 18.6. The van der Waals surface area contributed by atoms with Crippen LogP contribution >= 0.6 is 11.6 Å². The van der Waals surface area contributed by atoms with E-state index in [0.29, 0.717) is 13.1 Å². The largest absolute Gasteiger partial charge is 0.480 e. The van der Waals surface area contributed by atoms with E-state index in [1.807, 2.05) is 30.3 Å². The van der Waals surface area contributed by atoms with Crippen LogP contribution in [0.15, 0.2) is 48.5 Å². The number of rotatable bonds is 5. The normalized spacial score (nSPS) is 17.5. The zero-order chi connectivity index (χ0) is 37.2. The van der Waals surface area contributed by atoms with Crippen molar-refractivity contribution in [3.05, 3.63) is 64.9 Å². The third kappa shape index (κ3) is 13.5. The average molecular weight is 738 g/mol. The molecule has 0 spiro atoms. The highest BCUT2D eigenvalue weighted by Gasteiger charge is 2.40. The summed E-state index contributed by atoms with van der Waals surface area (Å²) in [4.78, 5) is 65.1. The van der Waals surface area contributed by atoms with Gasteiger partial charge < -0.3 is 34.9 Å². The first kappa shape index (κ1) is 42.5. The number of carboxylic acids is 1. The maximum Gasteiger partial charge on any atom is 0.411 e. The Hall–Kier alpha value is -4.63. The number of anilines is 1. The molecule has 0 aliphatic carbocycles. The Labute approximate surface area is 303 Å². The minimum absolute atomic E-state index is 0. The van der Waals surface area contributed by atoms with Gasteiger partial charge in [-0.2, -0.15) is 0 Å². The summed E-state index contributed by atoms with van der Waals surface area (Å²) in [5, 5.41) is 14.4. The number of carboxylic acid groups (broad SMARTS) is 1. The summed E-state index contributed by atoms with van der Waals surface area (Å²) in [6, 6.07) is 11.1. The monoisotopic (exact) mass is 737 g/mol. The van der Waals surface area contributed by atoms with Crippen LogP contribution in [0.2, 0.25) is 5.02 Å². The second-order valence-corrected chi connectivity index (χ2v) is 13.9. The van der Waals surface area contributed by atoms with Crippen molar-refractivity contribution in [2.24, 2.45) is 0 Å². The lowest BCUT2D eigenvalue weighted by Crippen LogP contribution is -2.61. The standard InChI is InChI=1S/C24H27ClFN3O5.C10H18N2O4.CH4/c1-24(2,3)34-23(32)29-12-11-28(22(31)33-15-16-7-5-4-6-8-16)14-20(29)21(30)27-17-9-10-18(25)19(26)13-17;1-10(2,3)16-9(15)12-5-4-11-6-7(12)8(13)14;/h4-10,13,20H,11-12,14-15H2,1-3H3,(H,27,30);7,11H,4-6H2,1-3H3,(H,13,14);1H4. The molecule has 51 heavy (non-hydrogen) atoms. The molecule has 282 valence electrons. The lowest BCUT2D eigenvalue weighted by atomic mass is 10.1. The Morgan fingerprint density at radius 1 is 0.882 bits per heavy atom. The van der Waals surface area contributed by atoms with Crippen LogP contribution in [-0.4, -0.2) is 113 Å². The summed E-state index contributed by atoms with van der Waals surface area (Å²) in [5.74, 6) is -2.32. The van der Waals surface area contributed by atoms with Gasteiger partial charge in [0, 0.05) is 38.4 Å². The van der Waals surface area contributed by atoms with Crippen LogP contribution in [0.3, 0.4) is 0 Å². The van der Waals surface area contributed by atoms with Crippen LogP contribution in [0.4, 0.5) is 24.5 Å². The summed E-state index contributed by atoms with van der Waals surface area (Å²) in [7, 11) is 0. The van der Waals surface area contributed by atoms with E-state index in [4.69, 9.17) is 30.9 Å². The van der Waals surface area contributed by atoms with Gasteiger partial charge in [-0.3, -0.25) is 14.6 Å². The SMILES string of the molecule is C.CC(C)(C)OC(=O)N1CCN(C(=O)OCc2ccccc2)CC1C(=O)Nc1ccc(Cl)c(F)c1.CC(C)(C)OC(=O)N1CCNCC1C(=O)O. The van der Waals surface area contributed by atoms with Crippen molar-refractivity contribution >= 4 is 47.4 Å². The molecule has 0 aromatic heterocycles. The summed E-state index contributed by atoms with van der Waals surface area (Å²) in [6.45, 7) is 11.8. The van der Waals surface area contributed by atoms with Crippen molar-refractivity contribution < 1.29 is 47.7 Å². The van der Waals surface area contributed by atoms with Crippen molar-refractivity contribution in [2.75, 3.05) is 44.6 Å². The topological polar surface area (TPSA) is 167 Å². The van der Waals surface area contributed by atoms with E-state index in [-0.39, 0.29) is 50.9 Å². The fraction of sp³-hybridized carbons (Fsp3) is 0.514. The number of nitrogens with zero attached hydrogens (tertiary/aromatic N) is 3. The fourth-order valence-electron chi connectivity index (χ4n) is 4.79. The number of nitrogens with one attached hydrogen (secondary N) is 2. The molecule has 2 aliphatic heterocycles. The summed E-state index contributed by atoms with van der Waals surface area (Å²) in [5.41, 5.74) is -0.393. The van der Waals surface area contributed by atoms with Crippen molar-refractivity contribution in [1.82, 2.24) is 20.0 Å². The predicted molar refractivity (Wildman–Crippen MR) is 189 cm³/mol. The number of carbonyl (C=O) groups is 5. The molecule has 4 amide bonds. The van der Waals surface area contributed by atoms with Gasteiger partial charge in [0.05, 0.1) is 11.6 Å². The number of aliphatic carboxylic acids is 1. The number of amides is 4. The number of piperazine rings is 2. The Kier molecular flexibility index (Phi) is 15.5. The van der Waals surface area contributed by atoms with Crippen molar-refractivity contribution in [1.29, 1.82) is 0 Å². The first-order chi connectivity index (χ1) is 23.3. The van der Waals surface area contributed by atoms with E-state index in [2.05, 4.69) is 10.6 Å². The third-order valence-electron chi connectivity index (χ3n) is 7.12. The lowest BCUT2D eigenvalue weighted by Gasteiger charge is -2.40. The number of carbonyl (C=O) groups excluding carboxylic acids is 4. The third-order valence-corrected chi connectivity index (χ3v) is 7.42. The summed E-state index contributed by atoms with van der Waals surface area (Å²) >= 11 is 5.70. The number of benzene rings is 2. The van der Waals surface area contributed by atoms with E-state index >= 15 is 0 Å². The Morgan fingerprint density at radius 3 is 2.02 bits per heavy atom. The lowest BCUT2D eigenvalue weighted by molar-refractivity contribution is -0.143. The first-order valence-corrected chi connectivity index (χ1v) is 16.4. The maximum atomic E-state index is 13.8. The van der Waals surface area contributed by atoms with Crippen LogP contribution in [0.5, 0.6) is 0 Å². The molecule has 2 aromatic carbocycles. The zero-order valence-electron chi connectivity index (χ0n) is 29.0. The summed E-state index contributed by atoms with van der Waals surface area (Å²) < 4.78 is 29.8. The van der Waals surface area contributed by atoms with E-state index in [1.54, 1.807) is 41.5 Å². The molecule has 3 N–H and O–H groups in total. The van der Waals surface area contributed by atoms with Crippen molar-refractivity contribution in [3.63, 3.8) is 0 Å². The molecule has 4 rings (SSSR count). The predicted octanol–water partition coefficient (Wildman–Crippen LogP) is 5.59. The maximum absolute atomic E-state index is 13.8. The Morgan fingerprint density at radius 2 is 1.47 bits per heavy atom. The molecule has 2 heterocycles. The van der Waals surface area contributed by atoms with E-state index < -0.39 is 59.3 Å². The molecule has 2 aromatic rings. The van der Waals surface area contributed by atoms with Gasteiger partial charge in [-0.15, -0.1) is 0 Å². The van der Waals surface area contributed by atoms with Crippen molar-refractivity contribution in [2.45, 2.75) is 78.9 Å². The zero-order valence-corrected chi connectivity index (χ0v) is 29.8. The van der Waals surface area contributed by atoms with Crippen LogP contribution < -0.4 is 10.6 Å². The average Bonchev–Trinajstić information content (AvgIpc) is 3.04. The molecular weight excluding hydrogens is 689 g/mol. The number of hydrogen-bond donors (Lipinski definition) is 3. The van der Waals surface area contributed by atoms with E-state index in [1.165, 1.54) is 26.8 Å². The highest BCUT2D eigenvalue weighted by molar-refractivity contribution is 6.30. The highest BCUT2D eigenvalue weighted by Crippen LogP contribution is 2.22. The number of ether oxygens (including phenoxy) is 3. The van der Waals surface area contributed by atoms with Crippen LogP contribution in [0, 0.1) is 5.82 Å². The Balaban J connectivity index is 0.000000446. The van der Waals surface area contributed by atoms with Gasteiger partial charge >= 0.3 is 24.2 Å². The smallest absolute Gasteiger partial charge is 0.411 e. The van der Waals surface area contributed by atoms with Gasteiger partial charge in [-0.1, -0.05) is 49.4 Å². The molecule has 2 fully saturated rings. The van der Waals surface area contributed by atoms with Gasteiger partial charge in [0.1, 0.15) is 35.7 Å². The van der Waals surface area contributed by atoms with Crippen LogP contribution in [-0.2, 0) is 30.4 Å². The molecular formula is C35H49ClFN5O9. The van der Waals surface area contributed by atoms with Gasteiger partial charge in [0.25, 0.3) is 0 Å². The molecule has 0 saturated carbocycles. The first-order valence-electron chi connectivity index (χ1n) is 16.0. The van der Waals surface area contributed by atoms with Gasteiger partial charge in [0.15, 0.2) is 0 Å². The van der Waals surface area contributed by atoms with Gasteiger partial charge in [0.2, 0.25) is 5.91 Å². The van der Waals surface area contributed by atoms with E-state index in [0.717, 1.165) is 11.6 Å². The molecule has 2 aliphatic rings. The van der Waals surface area contributed by atoms with Crippen molar-refractivity contribution in [3.8, 4) is 0 Å². The molecule has 2 unspecified atom stereocenters. The molecule has 0 radical (unpaired) electrons. The quantitative estimate of drug-likeness (QED) is 0.329. The van der Waals surface area contributed by atoms with Gasteiger partial charge in [-0.25, -0.2) is 23.6 Å². The van der Waals surface area contributed by atoms with Crippen LogP contribution in [0.1, 0.15) is 54.5 Å². The summed E-state index contributed by atoms with van der Waals surface area (Å²) in [6.07, 6.45) is -1.86. The molecule has 14 nitrogen and oxygen atoms in total. The molecule has 2 saturated heterocycles. The van der Waals surface area contributed by atoms with Crippen LogP contribution in [0.25, 0.3) is 0 Å². The minimum Gasteiger partial charge on any atom is -0.480 e. The van der Waals surface area contributed by atoms with Gasteiger partial charge in [-0.05, 0) is 65.3 Å². The second-order valence-electron chi connectivity index (χ2n) is 13.5. The number of halogens is 2. The molecule has 0 bridgehead atoms. The molecule has 16 heteroatoms.